The summed E-state index contributed by atoms with van der Waals surface area (Å²) in [6, 6.07) is 1.02. The molecule has 4 aliphatic rings. The summed E-state index contributed by atoms with van der Waals surface area (Å²) < 4.78 is 12.4. The van der Waals surface area contributed by atoms with E-state index in [1.165, 1.54) is 25.8 Å². The lowest BCUT2D eigenvalue weighted by molar-refractivity contribution is 0.00578. The average Bonchev–Trinajstić information content (AvgIpc) is 3.13. The fourth-order valence-corrected chi connectivity index (χ4v) is 5.12. The highest BCUT2D eigenvalue weighted by molar-refractivity contribution is 6.47. The van der Waals surface area contributed by atoms with Gasteiger partial charge in [-0.25, -0.2) is 4.79 Å². The van der Waals surface area contributed by atoms with Gasteiger partial charge in [0, 0.05) is 31.7 Å². The van der Waals surface area contributed by atoms with E-state index in [4.69, 9.17) is 9.31 Å². The minimum Gasteiger partial charge on any atom is -0.403 e. The fraction of sp³-hybridized carbons (Fsp3) is 0.950. The molecule has 2 amide bonds. The Labute approximate surface area is 164 Å². The van der Waals surface area contributed by atoms with E-state index < -0.39 is 0 Å². The van der Waals surface area contributed by atoms with Crippen LogP contribution in [0.5, 0.6) is 0 Å². The highest BCUT2D eigenvalue weighted by atomic mass is 16.7. The van der Waals surface area contributed by atoms with Gasteiger partial charge in [-0.15, -0.1) is 0 Å². The van der Waals surface area contributed by atoms with E-state index >= 15 is 0 Å². The van der Waals surface area contributed by atoms with Gasteiger partial charge >= 0.3 is 13.1 Å². The number of nitrogens with one attached hydrogen (secondary N) is 1. The molecule has 152 valence electrons. The van der Waals surface area contributed by atoms with Gasteiger partial charge in [-0.1, -0.05) is 6.42 Å². The van der Waals surface area contributed by atoms with Gasteiger partial charge in [-0.3, -0.25) is 4.90 Å². The third kappa shape index (κ3) is 3.75. The molecule has 1 N–H and O–H groups in total. The molecule has 4 heterocycles. The molecule has 4 rings (SSSR count). The first-order valence-corrected chi connectivity index (χ1v) is 10.9. The number of carbonyl (C=O) groups is 1. The maximum atomic E-state index is 12.8. The average molecular weight is 377 g/mol. The third-order valence-electron chi connectivity index (χ3n) is 7.65. The fourth-order valence-electron chi connectivity index (χ4n) is 5.12. The summed E-state index contributed by atoms with van der Waals surface area (Å²) in [6.07, 6.45) is 6.83. The zero-order valence-corrected chi connectivity index (χ0v) is 17.5. The molecule has 0 aromatic heterocycles. The molecule has 27 heavy (non-hydrogen) atoms. The largest absolute Gasteiger partial charge is 0.461 e. The number of piperidine rings is 2. The van der Waals surface area contributed by atoms with Gasteiger partial charge in [0.15, 0.2) is 0 Å². The zero-order valence-electron chi connectivity index (χ0n) is 17.5. The lowest BCUT2D eigenvalue weighted by Crippen LogP contribution is -2.52. The van der Waals surface area contributed by atoms with Gasteiger partial charge in [-0.05, 0) is 72.2 Å². The molecular weight excluding hydrogens is 341 g/mol. The van der Waals surface area contributed by atoms with Gasteiger partial charge in [-0.2, -0.15) is 0 Å². The molecule has 0 spiro atoms. The van der Waals surface area contributed by atoms with E-state index in [0.29, 0.717) is 17.9 Å². The van der Waals surface area contributed by atoms with Gasteiger partial charge in [0.25, 0.3) is 0 Å². The van der Waals surface area contributed by atoms with Crippen molar-refractivity contribution in [3.8, 4) is 0 Å². The van der Waals surface area contributed by atoms with Crippen molar-refractivity contribution in [2.45, 2.75) is 95.3 Å². The molecule has 0 radical (unpaired) electrons. The van der Waals surface area contributed by atoms with E-state index in [-0.39, 0.29) is 24.4 Å². The number of amides is 2. The number of hydrogen-bond acceptors (Lipinski definition) is 4. The van der Waals surface area contributed by atoms with Gasteiger partial charge in [0.1, 0.15) is 0 Å². The van der Waals surface area contributed by atoms with Gasteiger partial charge < -0.3 is 19.5 Å². The van der Waals surface area contributed by atoms with Crippen LogP contribution in [0.2, 0.25) is 5.82 Å². The molecule has 4 aliphatic heterocycles. The van der Waals surface area contributed by atoms with E-state index in [2.05, 4.69) is 37.9 Å². The summed E-state index contributed by atoms with van der Waals surface area (Å²) >= 11 is 0. The standard InChI is InChI=1S/C20H36BN3O3/c1-19(2)20(3,4)27-21(26-19)15-8-12-24(13-9-15)18(25)22-16-10-14-23-11-6-5-7-17(16)23/h15-17H,5-14H2,1-4H3,(H,22,25). The molecular formula is C20H36BN3O3. The van der Waals surface area contributed by atoms with Crippen molar-refractivity contribution >= 4 is 13.1 Å². The molecule has 0 saturated carbocycles. The molecule has 6 nitrogen and oxygen atoms in total. The Balaban J connectivity index is 1.26. The predicted octanol–water partition coefficient (Wildman–Crippen LogP) is 2.88. The van der Waals surface area contributed by atoms with E-state index in [0.717, 1.165) is 38.9 Å². The minimum atomic E-state index is -0.277. The lowest BCUT2D eigenvalue weighted by Gasteiger charge is -2.36. The number of likely N-dealkylation sites (tertiary alicyclic amines) is 1. The van der Waals surface area contributed by atoms with Crippen LogP contribution in [0, 0.1) is 0 Å². The summed E-state index contributed by atoms with van der Waals surface area (Å²) in [6.45, 7) is 12.3. The molecule has 4 saturated heterocycles. The van der Waals surface area contributed by atoms with Crippen LogP contribution in [0.4, 0.5) is 4.79 Å². The Morgan fingerprint density at radius 1 is 0.926 bits per heavy atom. The Hall–Kier alpha value is -0.785. The van der Waals surface area contributed by atoms with E-state index in [1.807, 2.05) is 4.90 Å². The lowest BCUT2D eigenvalue weighted by atomic mass is 9.67. The molecule has 0 aromatic rings. The van der Waals surface area contributed by atoms with E-state index in [9.17, 15) is 4.79 Å². The molecule has 0 aromatic carbocycles. The van der Waals surface area contributed by atoms with Crippen LogP contribution in [-0.4, -0.2) is 72.4 Å². The Morgan fingerprint density at radius 2 is 1.59 bits per heavy atom. The van der Waals surface area contributed by atoms with Crippen LogP contribution in [-0.2, 0) is 9.31 Å². The van der Waals surface area contributed by atoms with E-state index in [1.54, 1.807) is 0 Å². The molecule has 0 aliphatic carbocycles. The number of carbonyl (C=O) groups excluding carboxylic acids is 1. The smallest absolute Gasteiger partial charge is 0.403 e. The Morgan fingerprint density at radius 3 is 2.26 bits per heavy atom. The number of nitrogens with zero attached hydrogens (tertiary/aromatic N) is 2. The predicted molar refractivity (Wildman–Crippen MR) is 107 cm³/mol. The van der Waals surface area contributed by atoms with Gasteiger partial charge in [0.2, 0.25) is 0 Å². The number of fused-ring (bicyclic) bond motifs is 1. The minimum absolute atomic E-state index is 0.125. The van der Waals surface area contributed by atoms with Crippen LogP contribution < -0.4 is 5.32 Å². The van der Waals surface area contributed by atoms with Crippen molar-refractivity contribution in [3.05, 3.63) is 0 Å². The summed E-state index contributed by atoms with van der Waals surface area (Å²) in [5, 5.41) is 3.34. The summed E-state index contributed by atoms with van der Waals surface area (Å²) in [4.78, 5) is 17.4. The maximum absolute atomic E-state index is 12.8. The topological polar surface area (TPSA) is 54.0 Å². The number of hydrogen-bond donors (Lipinski definition) is 1. The van der Waals surface area contributed by atoms with Crippen LogP contribution in [0.3, 0.4) is 0 Å². The quantitative estimate of drug-likeness (QED) is 0.752. The molecule has 0 bridgehead atoms. The number of urea groups is 1. The van der Waals surface area contributed by atoms with Crippen LogP contribution >= 0.6 is 0 Å². The first-order valence-electron chi connectivity index (χ1n) is 10.9. The van der Waals surface area contributed by atoms with Crippen molar-refractivity contribution < 1.29 is 14.1 Å². The van der Waals surface area contributed by atoms with Crippen molar-refractivity contribution in [1.82, 2.24) is 15.1 Å². The van der Waals surface area contributed by atoms with Crippen molar-refractivity contribution in [2.24, 2.45) is 0 Å². The molecule has 7 heteroatoms. The summed E-state index contributed by atoms with van der Waals surface area (Å²) in [7, 11) is -0.147. The highest BCUT2D eigenvalue weighted by Gasteiger charge is 2.54. The molecule has 4 fully saturated rings. The van der Waals surface area contributed by atoms with Crippen molar-refractivity contribution in [1.29, 1.82) is 0 Å². The van der Waals surface area contributed by atoms with Crippen LogP contribution in [0.25, 0.3) is 0 Å². The van der Waals surface area contributed by atoms with Gasteiger partial charge in [0.05, 0.1) is 11.2 Å². The first kappa shape index (κ1) is 19.5. The SMILES string of the molecule is CC1(C)OB(C2CCN(C(=O)NC3CCN4CCCCC34)CC2)OC1(C)C. The molecule has 2 atom stereocenters. The Bertz CT molecular complexity index is 547. The van der Waals surface area contributed by atoms with Crippen molar-refractivity contribution in [2.75, 3.05) is 26.2 Å². The third-order valence-corrected chi connectivity index (χ3v) is 7.65. The highest BCUT2D eigenvalue weighted by Crippen LogP contribution is 2.42. The summed E-state index contributed by atoms with van der Waals surface area (Å²) in [5.41, 5.74) is -0.555. The maximum Gasteiger partial charge on any atom is 0.461 e. The van der Waals surface area contributed by atoms with Crippen molar-refractivity contribution in [3.63, 3.8) is 0 Å². The zero-order chi connectivity index (χ0) is 19.2. The second-order valence-corrected chi connectivity index (χ2v) is 9.89. The monoisotopic (exact) mass is 377 g/mol. The van der Waals surface area contributed by atoms with Crippen LogP contribution in [0.1, 0.15) is 66.2 Å². The summed E-state index contributed by atoms with van der Waals surface area (Å²) in [5.74, 6) is 0.371. The normalized spacial score (nSPS) is 33.9. The first-order chi connectivity index (χ1) is 12.8. The van der Waals surface area contributed by atoms with Crippen LogP contribution in [0.15, 0.2) is 0 Å². The number of rotatable bonds is 2. The second-order valence-electron chi connectivity index (χ2n) is 9.89. The Kier molecular flexibility index (Phi) is 5.23. The second kappa shape index (κ2) is 7.23. The molecule has 2 unspecified atom stereocenters.